The second kappa shape index (κ2) is 5.14. The van der Waals surface area contributed by atoms with Crippen molar-refractivity contribution < 1.29 is 0 Å². The van der Waals surface area contributed by atoms with Crippen LogP contribution in [0.25, 0.3) is 0 Å². The summed E-state index contributed by atoms with van der Waals surface area (Å²) in [4.78, 5) is 11.1. The van der Waals surface area contributed by atoms with Crippen molar-refractivity contribution in [3.8, 4) is 0 Å². The van der Waals surface area contributed by atoms with Crippen molar-refractivity contribution in [1.82, 2.24) is 9.97 Å². The van der Waals surface area contributed by atoms with Gasteiger partial charge in [-0.3, -0.25) is 4.98 Å². The normalized spacial score (nSPS) is 17.5. The van der Waals surface area contributed by atoms with Crippen LogP contribution in [0.5, 0.6) is 0 Å². The molecule has 1 aromatic heterocycles. The van der Waals surface area contributed by atoms with Crippen LogP contribution in [0.3, 0.4) is 0 Å². The fraction of sp³-hybridized carbons (Fsp3) is 0.667. The average molecular weight is 220 g/mol. The molecule has 4 heteroatoms. The highest BCUT2D eigenvalue weighted by Gasteiger charge is 2.18. The Morgan fingerprint density at radius 1 is 1.38 bits per heavy atom. The molecule has 0 atom stereocenters. The molecule has 0 saturated carbocycles. The topological polar surface area (TPSA) is 41.1 Å². The molecule has 0 amide bonds. The van der Waals surface area contributed by atoms with Gasteiger partial charge in [0, 0.05) is 20.1 Å². The number of nitrogens with zero attached hydrogens (tertiary/aromatic N) is 3. The SMILES string of the molecule is CCC1CCN(c2cncc(NC)n2)CC1. The molecule has 16 heavy (non-hydrogen) atoms. The van der Waals surface area contributed by atoms with Crippen LogP contribution >= 0.6 is 0 Å². The number of rotatable bonds is 3. The second-order valence-electron chi connectivity index (χ2n) is 4.35. The molecule has 0 unspecified atom stereocenters. The first kappa shape index (κ1) is 11.2. The summed E-state index contributed by atoms with van der Waals surface area (Å²) in [6.45, 7) is 4.50. The predicted octanol–water partition coefficient (Wildman–Crippen LogP) is 2.14. The van der Waals surface area contributed by atoms with Crippen LogP contribution in [0.4, 0.5) is 11.6 Å². The molecule has 1 saturated heterocycles. The smallest absolute Gasteiger partial charge is 0.149 e. The molecule has 1 aliphatic heterocycles. The molecule has 88 valence electrons. The Labute approximate surface area is 97.1 Å². The first-order valence-electron chi connectivity index (χ1n) is 6.08. The summed E-state index contributed by atoms with van der Waals surface area (Å²) in [5.74, 6) is 2.74. The van der Waals surface area contributed by atoms with Gasteiger partial charge in [-0.1, -0.05) is 13.3 Å². The number of aromatic nitrogens is 2. The van der Waals surface area contributed by atoms with Gasteiger partial charge in [0.2, 0.25) is 0 Å². The quantitative estimate of drug-likeness (QED) is 0.847. The summed E-state index contributed by atoms with van der Waals surface area (Å²) in [7, 11) is 1.87. The molecule has 1 fully saturated rings. The predicted molar refractivity (Wildman–Crippen MR) is 66.8 cm³/mol. The summed E-state index contributed by atoms with van der Waals surface area (Å²) in [5, 5.41) is 3.03. The van der Waals surface area contributed by atoms with E-state index in [1.807, 2.05) is 13.2 Å². The lowest BCUT2D eigenvalue weighted by atomic mass is 9.94. The van der Waals surface area contributed by atoms with Gasteiger partial charge in [-0.15, -0.1) is 0 Å². The van der Waals surface area contributed by atoms with Crippen LogP contribution in [0, 0.1) is 5.92 Å². The van der Waals surface area contributed by atoms with Crippen molar-refractivity contribution in [2.75, 3.05) is 30.4 Å². The van der Waals surface area contributed by atoms with E-state index in [0.717, 1.165) is 30.6 Å². The largest absolute Gasteiger partial charge is 0.372 e. The molecule has 2 heterocycles. The molecule has 0 spiro atoms. The van der Waals surface area contributed by atoms with E-state index in [4.69, 9.17) is 0 Å². The van der Waals surface area contributed by atoms with Gasteiger partial charge in [-0.2, -0.15) is 0 Å². The van der Waals surface area contributed by atoms with E-state index in [1.54, 1.807) is 6.20 Å². The fourth-order valence-electron chi connectivity index (χ4n) is 2.20. The maximum atomic E-state index is 4.52. The van der Waals surface area contributed by atoms with Crippen molar-refractivity contribution in [3.63, 3.8) is 0 Å². The molecule has 0 radical (unpaired) electrons. The third-order valence-corrected chi connectivity index (χ3v) is 3.39. The van der Waals surface area contributed by atoms with Crippen LogP contribution in [0.15, 0.2) is 12.4 Å². The Morgan fingerprint density at radius 2 is 2.12 bits per heavy atom. The van der Waals surface area contributed by atoms with Crippen LogP contribution in [0.2, 0.25) is 0 Å². The van der Waals surface area contributed by atoms with E-state index in [0.29, 0.717) is 0 Å². The minimum atomic E-state index is 0.843. The highest BCUT2D eigenvalue weighted by atomic mass is 15.2. The average Bonchev–Trinajstić information content (AvgIpc) is 2.39. The molecular formula is C12H20N4. The van der Waals surface area contributed by atoms with Crippen LogP contribution in [0.1, 0.15) is 26.2 Å². The lowest BCUT2D eigenvalue weighted by Gasteiger charge is -2.32. The van der Waals surface area contributed by atoms with Crippen molar-refractivity contribution in [3.05, 3.63) is 12.4 Å². The maximum Gasteiger partial charge on any atom is 0.149 e. The third-order valence-electron chi connectivity index (χ3n) is 3.39. The Balaban J connectivity index is 2.02. The van der Waals surface area contributed by atoms with Gasteiger partial charge in [0.1, 0.15) is 11.6 Å². The maximum absolute atomic E-state index is 4.52. The van der Waals surface area contributed by atoms with Crippen LogP contribution in [-0.2, 0) is 0 Å². The molecule has 1 aliphatic rings. The van der Waals surface area contributed by atoms with E-state index in [9.17, 15) is 0 Å². The molecule has 0 bridgehead atoms. The second-order valence-corrected chi connectivity index (χ2v) is 4.35. The number of piperidine rings is 1. The minimum absolute atomic E-state index is 0.843. The summed E-state index contributed by atoms with van der Waals surface area (Å²) < 4.78 is 0. The number of hydrogen-bond donors (Lipinski definition) is 1. The van der Waals surface area contributed by atoms with E-state index >= 15 is 0 Å². The summed E-state index contributed by atoms with van der Waals surface area (Å²) in [5.41, 5.74) is 0. The number of anilines is 2. The number of nitrogens with one attached hydrogen (secondary N) is 1. The molecular weight excluding hydrogens is 200 g/mol. The van der Waals surface area contributed by atoms with Gasteiger partial charge in [-0.25, -0.2) is 4.98 Å². The van der Waals surface area contributed by atoms with Gasteiger partial charge < -0.3 is 10.2 Å². The summed E-state index contributed by atoms with van der Waals surface area (Å²) in [6.07, 6.45) is 7.47. The molecule has 1 N–H and O–H groups in total. The van der Waals surface area contributed by atoms with E-state index in [-0.39, 0.29) is 0 Å². The third kappa shape index (κ3) is 2.43. The fourth-order valence-corrected chi connectivity index (χ4v) is 2.20. The van der Waals surface area contributed by atoms with Crippen molar-refractivity contribution in [2.45, 2.75) is 26.2 Å². The monoisotopic (exact) mass is 220 g/mol. The minimum Gasteiger partial charge on any atom is -0.372 e. The molecule has 0 aromatic carbocycles. The molecule has 0 aliphatic carbocycles. The van der Waals surface area contributed by atoms with Crippen LogP contribution < -0.4 is 10.2 Å². The van der Waals surface area contributed by atoms with Crippen molar-refractivity contribution >= 4 is 11.6 Å². The van der Waals surface area contributed by atoms with Gasteiger partial charge in [0.15, 0.2) is 0 Å². The van der Waals surface area contributed by atoms with E-state index in [1.165, 1.54) is 19.3 Å². The zero-order valence-corrected chi connectivity index (χ0v) is 10.1. The van der Waals surface area contributed by atoms with E-state index in [2.05, 4.69) is 27.1 Å². The first-order chi connectivity index (χ1) is 7.83. The van der Waals surface area contributed by atoms with Gasteiger partial charge in [0.25, 0.3) is 0 Å². The molecule has 4 nitrogen and oxygen atoms in total. The van der Waals surface area contributed by atoms with Crippen molar-refractivity contribution in [2.24, 2.45) is 5.92 Å². The Hall–Kier alpha value is -1.32. The zero-order valence-electron chi connectivity index (χ0n) is 10.1. The Kier molecular flexibility index (Phi) is 3.59. The summed E-state index contributed by atoms with van der Waals surface area (Å²) in [6, 6.07) is 0. The number of hydrogen-bond acceptors (Lipinski definition) is 4. The Bertz CT molecular complexity index is 332. The van der Waals surface area contributed by atoms with Crippen LogP contribution in [-0.4, -0.2) is 30.1 Å². The lowest BCUT2D eigenvalue weighted by molar-refractivity contribution is 0.393. The van der Waals surface area contributed by atoms with Gasteiger partial charge in [0.05, 0.1) is 12.4 Å². The molecule has 1 aromatic rings. The first-order valence-corrected chi connectivity index (χ1v) is 6.08. The van der Waals surface area contributed by atoms with Crippen molar-refractivity contribution in [1.29, 1.82) is 0 Å². The van der Waals surface area contributed by atoms with Gasteiger partial charge in [-0.05, 0) is 18.8 Å². The highest BCUT2D eigenvalue weighted by molar-refractivity contribution is 5.43. The van der Waals surface area contributed by atoms with E-state index < -0.39 is 0 Å². The highest BCUT2D eigenvalue weighted by Crippen LogP contribution is 2.23. The standard InChI is InChI=1S/C12H20N4/c1-3-10-4-6-16(7-5-10)12-9-14-8-11(13-2)15-12/h8-10H,3-7H2,1-2H3,(H,13,15). The molecule has 2 rings (SSSR count). The lowest BCUT2D eigenvalue weighted by Crippen LogP contribution is -2.34. The van der Waals surface area contributed by atoms with Gasteiger partial charge >= 0.3 is 0 Å². The zero-order chi connectivity index (χ0) is 11.4. The Morgan fingerprint density at radius 3 is 2.75 bits per heavy atom. The summed E-state index contributed by atoms with van der Waals surface area (Å²) >= 11 is 0.